The topological polar surface area (TPSA) is 71.5 Å². The molecule has 4 rings (SSSR count). The number of thiazole rings is 1. The maximum absolute atomic E-state index is 12.1. The third-order valence-corrected chi connectivity index (χ3v) is 6.81. The van der Waals surface area contributed by atoms with Gasteiger partial charge < -0.3 is 9.64 Å². The van der Waals surface area contributed by atoms with Gasteiger partial charge in [0.1, 0.15) is 21.3 Å². The normalized spacial score (nSPS) is 15.8. The molecule has 148 valence electrons. The minimum Gasteiger partial charge on any atom is -0.465 e. The minimum absolute atomic E-state index is 0.311. The summed E-state index contributed by atoms with van der Waals surface area (Å²) in [7, 11) is 1.41. The maximum Gasteiger partial charge on any atom is 0.348 e. The van der Waals surface area contributed by atoms with E-state index >= 15 is 0 Å². The van der Waals surface area contributed by atoms with Gasteiger partial charge in [-0.15, -0.1) is 22.7 Å². The van der Waals surface area contributed by atoms with E-state index in [0.29, 0.717) is 4.88 Å². The summed E-state index contributed by atoms with van der Waals surface area (Å²) in [5.74, 6) is 1.35. The molecule has 3 aromatic heterocycles. The number of thiophene rings is 1. The molecule has 1 saturated heterocycles. The van der Waals surface area contributed by atoms with Crippen molar-refractivity contribution in [1.29, 1.82) is 0 Å². The summed E-state index contributed by atoms with van der Waals surface area (Å²) < 4.78 is 4.94. The zero-order valence-corrected chi connectivity index (χ0v) is 17.9. The van der Waals surface area contributed by atoms with Crippen LogP contribution < -0.4 is 4.90 Å². The summed E-state index contributed by atoms with van der Waals surface area (Å²) >= 11 is 3.03. The fourth-order valence-corrected chi connectivity index (χ4v) is 5.31. The van der Waals surface area contributed by atoms with E-state index < -0.39 is 0 Å². The van der Waals surface area contributed by atoms with Crippen LogP contribution in [-0.4, -0.2) is 59.1 Å². The predicted octanol–water partition coefficient (Wildman–Crippen LogP) is 3.26. The lowest BCUT2D eigenvalue weighted by Crippen LogP contribution is -2.31. The van der Waals surface area contributed by atoms with E-state index in [4.69, 9.17) is 9.72 Å². The van der Waals surface area contributed by atoms with E-state index in [0.717, 1.165) is 72.3 Å². The van der Waals surface area contributed by atoms with Crippen LogP contribution >= 0.6 is 22.7 Å². The third kappa shape index (κ3) is 3.74. The Morgan fingerprint density at radius 2 is 2.07 bits per heavy atom. The van der Waals surface area contributed by atoms with E-state index in [2.05, 4.69) is 25.1 Å². The second kappa shape index (κ2) is 8.10. The molecule has 28 heavy (non-hydrogen) atoms. The van der Waals surface area contributed by atoms with Crippen LogP contribution in [0.15, 0.2) is 10.9 Å². The highest BCUT2D eigenvalue weighted by atomic mass is 32.1. The highest BCUT2D eigenvalue weighted by molar-refractivity contribution is 7.20. The van der Waals surface area contributed by atoms with E-state index in [1.165, 1.54) is 18.4 Å². The summed E-state index contributed by atoms with van der Waals surface area (Å²) in [6, 6.07) is 0. The van der Waals surface area contributed by atoms with Crippen molar-refractivity contribution in [3.63, 3.8) is 0 Å². The first-order chi connectivity index (χ1) is 13.6. The Labute approximate surface area is 172 Å². The summed E-state index contributed by atoms with van der Waals surface area (Å²) in [5.41, 5.74) is 3.93. The zero-order valence-electron chi connectivity index (χ0n) is 16.3. The van der Waals surface area contributed by atoms with Crippen molar-refractivity contribution < 1.29 is 9.53 Å². The van der Waals surface area contributed by atoms with Gasteiger partial charge in [-0.05, 0) is 25.8 Å². The molecular formula is C19H23N5O2S2. The highest BCUT2D eigenvalue weighted by Gasteiger charge is 2.24. The second-order valence-electron chi connectivity index (χ2n) is 6.92. The molecule has 0 amide bonds. The van der Waals surface area contributed by atoms with E-state index in [-0.39, 0.29) is 5.97 Å². The van der Waals surface area contributed by atoms with Crippen LogP contribution in [0.1, 0.15) is 33.2 Å². The van der Waals surface area contributed by atoms with Gasteiger partial charge in [-0.2, -0.15) is 0 Å². The van der Waals surface area contributed by atoms with Crippen molar-refractivity contribution in [3.05, 3.63) is 32.8 Å². The Bertz CT molecular complexity index is 986. The quantitative estimate of drug-likeness (QED) is 0.603. The van der Waals surface area contributed by atoms with Gasteiger partial charge in [0, 0.05) is 38.1 Å². The van der Waals surface area contributed by atoms with Gasteiger partial charge in [-0.1, -0.05) is 0 Å². The number of esters is 1. The number of aromatic nitrogens is 3. The van der Waals surface area contributed by atoms with Crippen molar-refractivity contribution in [3.8, 4) is 0 Å². The molecular weight excluding hydrogens is 394 g/mol. The van der Waals surface area contributed by atoms with Crippen molar-refractivity contribution >= 4 is 44.7 Å². The molecule has 0 spiro atoms. The number of aryl methyl sites for hydroxylation is 2. The smallest absolute Gasteiger partial charge is 0.348 e. The average Bonchev–Trinajstić information content (AvgIpc) is 3.23. The monoisotopic (exact) mass is 417 g/mol. The molecule has 0 radical (unpaired) electrons. The molecule has 0 aromatic carbocycles. The van der Waals surface area contributed by atoms with Crippen molar-refractivity contribution in [2.75, 3.05) is 38.2 Å². The molecule has 0 saturated carbocycles. The Balaban J connectivity index is 1.63. The van der Waals surface area contributed by atoms with Crippen LogP contribution in [0, 0.1) is 13.8 Å². The number of anilines is 1. The SMILES string of the molecule is COC(=O)c1sc2nc(C)nc(N3CCCN(Cc4cscn4)CC3)c2c1C. The summed E-state index contributed by atoms with van der Waals surface area (Å²) in [5, 5.41) is 3.09. The van der Waals surface area contributed by atoms with E-state index in [1.807, 2.05) is 19.4 Å². The third-order valence-electron chi connectivity index (χ3n) is 5.01. The van der Waals surface area contributed by atoms with Crippen LogP contribution in [0.25, 0.3) is 10.2 Å². The molecule has 0 atom stereocenters. The number of nitrogens with zero attached hydrogens (tertiary/aromatic N) is 5. The summed E-state index contributed by atoms with van der Waals surface area (Å²) in [6.07, 6.45) is 1.06. The van der Waals surface area contributed by atoms with Gasteiger partial charge >= 0.3 is 5.97 Å². The first kappa shape index (κ1) is 19.2. The first-order valence-corrected chi connectivity index (χ1v) is 11.0. The van der Waals surface area contributed by atoms with Gasteiger partial charge in [0.05, 0.1) is 23.7 Å². The molecule has 0 aliphatic carbocycles. The molecule has 7 nitrogen and oxygen atoms in total. The number of ether oxygens (including phenoxy) is 1. The molecule has 0 bridgehead atoms. The Morgan fingerprint density at radius 3 is 2.82 bits per heavy atom. The van der Waals surface area contributed by atoms with Gasteiger partial charge in [0.15, 0.2) is 0 Å². The minimum atomic E-state index is -0.311. The van der Waals surface area contributed by atoms with Gasteiger partial charge in [-0.3, -0.25) is 4.90 Å². The fraction of sp³-hybridized carbons (Fsp3) is 0.474. The van der Waals surface area contributed by atoms with E-state index in [9.17, 15) is 4.79 Å². The number of hydrogen-bond acceptors (Lipinski definition) is 9. The van der Waals surface area contributed by atoms with Crippen molar-refractivity contribution in [1.82, 2.24) is 19.9 Å². The van der Waals surface area contributed by atoms with Gasteiger partial charge in [-0.25, -0.2) is 19.7 Å². The van der Waals surface area contributed by atoms with Crippen LogP contribution in [-0.2, 0) is 11.3 Å². The number of fused-ring (bicyclic) bond motifs is 1. The molecule has 1 fully saturated rings. The molecule has 4 heterocycles. The van der Waals surface area contributed by atoms with Crippen molar-refractivity contribution in [2.45, 2.75) is 26.8 Å². The number of carbonyl (C=O) groups excluding carboxylic acids is 1. The lowest BCUT2D eigenvalue weighted by atomic mass is 10.2. The Kier molecular flexibility index (Phi) is 5.56. The predicted molar refractivity (Wildman–Crippen MR) is 112 cm³/mol. The van der Waals surface area contributed by atoms with Gasteiger partial charge in [0.25, 0.3) is 0 Å². The lowest BCUT2D eigenvalue weighted by Gasteiger charge is -2.23. The summed E-state index contributed by atoms with van der Waals surface area (Å²) in [6.45, 7) is 8.56. The van der Waals surface area contributed by atoms with Crippen LogP contribution in [0.5, 0.6) is 0 Å². The fourth-order valence-electron chi connectivity index (χ4n) is 3.62. The maximum atomic E-state index is 12.1. The van der Waals surface area contributed by atoms with E-state index in [1.54, 1.807) is 11.3 Å². The molecule has 0 unspecified atom stereocenters. The second-order valence-corrected chi connectivity index (χ2v) is 8.64. The molecule has 1 aliphatic rings. The highest BCUT2D eigenvalue weighted by Crippen LogP contribution is 2.36. The Hall–Kier alpha value is -2.10. The number of carbonyl (C=O) groups is 1. The molecule has 9 heteroatoms. The lowest BCUT2D eigenvalue weighted by molar-refractivity contribution is 0.0605. The number of methoxy groups -OCH3 is 1. The van der Waals surface area contributed by atoms with Crippen LogP contribution in [0.4, 0.5) is 5.82 Å². The summed E-state index contributed by atoms with van der Waals surface area (Å²) in [4.78, 5) is 32.1. The van der Waals surface area contributed by atoms with Crippen LogP contribution in [0.2, 0.25) is 0 Å². The average molecular weight is 418 g/mol. The molecule has 0 N–H and O–H groups in total. The number of hydrogen-bond donors (Lipinski definition) is 0. The van der Waals surface area contributed by atoms with Crippen molar-refractivity contribution in [2.24, 2.45) is 0 Å². The number of rotatable bonds is 4. The van der Waals surface area contributed by atoms with Crippen LogP contribution in [0.3, 0.4) is 0 Å². The zero-order chi connectivity index (χ0) is 19.7. The largest absolute Gasteiger partial charge is 0.465 e. The standard InChI is InChI=1S/C19H23N5O2S2/c1-12-15-17(21-13(2)22-18(15)28-16(12)19(25)26-3)24-6-4-5-23(7-8-24)9-14-10-27-11-20-14/h10-11H,4-9H2,1-3H3. The van der Waals surface area contributed by atoms with Gasteiger partial charge in [0.2, 0.25) is 0 Å². The molecule has 1 aliphatic heterocycles. The molecule has 3 aromatic rings. The first-order valence-electron chi connectivity index (χ1n) is 9.27. The Morgan fingerprint density at radius 1 is 1.21 bits per heavy atom.